The highest BCUT2D eigenvalue weighted by Crippen LogP contribution is 2.35. The summed E-state index contributed by atoms with van der Waals surface area (Å²) in [5, 5.41) is 16.5. The molecule has 0 fully saturated rings. The molecule has 12 heteroatoms. The number of furan rings is 1. The number of rotatable bonds is 6. The van der Waals surface area contributed by atoms with Gasteiger partial charge in [0.15, 0.2) is 17.4 Å². The molecule has 1 unspecified atom stereocenters. The molecule has 0 amide bonds. The standard InChI is InChI=1S/C19H25N5O5S2/c1-11(2)13-8-14(29-10-13)9-20-18-19(23-30(26)22-18)21-15-7-6-12(3)17(16(15)25)31(27,28)24(4)5/h6-8,10-11,25H,9H2,1-5H3,(H,20,22)(H,21,23). The maximum absolute atomic E-state index is 12.6. The monoisotopic (exact) mass is 467 g/mol. The normalized spacial score (nSPS) is 16.5. The van der Waals surface area contributed by atoms with E-state index in [0.717, 1.165) is 9.87 Å². The maximum atomic E-state index is 12.6. The Hall–Kier alpha value is -2.70. The molecule has 168 valence electrons. The summed E-state index contributed by atoms with van der Waals surface area (Å²) in [4.78, 5) is -0.217. The first-order valence-corrected chi connectivity index (χ1v) is 11.9. The van der Waals surface area contributed by atoms with E-state index in [-0.39, 0.29) is 28.8 Å². The molecule has 0 bridgehead atoms. The summed E-state index contributed by atoms with van der Waals surface area (Å²) in [5.74, 6) is 0.853. The van der Waals surface area contributed by atoms with E-state index in [9.17, 15) is 17.7 Å². The van der Waals surface area contributed by atoms with Crippen molar-refractivity contribution in [1.29, 1.82) is 0 Å². The van der Waals surface area contributed by atoms with E-state index in [1.165, 1.54) is 20.2 Å². The Morgan fingerprint density at radius 2 is 1.90 bits per heavy atom. The van der Waals surface area contributed by atoms with Gasteiger partial charge in [0.25, 0.3) is 11.2 Å². The van der Waals surface area contributed by atoms with E-state index < -0.39 is 26.9 Å². The smallest absolute Gasteiger partial charge is 0.269 e. The third-order valence-corrected chi connectivity index (χ3v) is 7.32. The number of benzene rings is 1. The fourth-order valence-corrected chi connectivity index (χ4v) is 4.66. The highest BCUT2D eigenvalue weighted by atomic mass is 32.2. The molecule has 0 saturated heterocycles. The molecule has 0 radical (unpaired) electrons. The van der Waals surface area contributed by atoms with Gasteiger partial charge in [0, 0.05) is 14.1 Å². The van der Waals surface area contributed by atoms with Gasteiger partial charge in [-0.05, 0) is 36.1 Å². The summed E-state index contributed by atoms with van der Waals surface area (Å²) >= 11 is -1.85. The van der Waals surface area contributed by atoms with E-state index in [1.807, 2.05) is 6.07 Å². The van der Waals surface area contributed by atoms with Crippen LogP contribution in [0.4, 0.5) is 5.69 Å². The molecule has 0 spiro atoms. The number of aryl methyl sites for hydroxylation is 1. The lowest BCUT2D eigenvalue weighted by molar-refractivity contribution is 0.453. The summed E-state index contributed by atoms with van der Waals surface area (Å²) < 4.78 is 51.5. The SMILES string of the molecule is Cc1ccc(NC2=NS(=O)N=C2NCc2cc(C(C)C)co2)c(O)c1S(=O)(=O)N(C)C. The van der Waals surface area contributed by atoms with Gasteiger partial charge in [-0.25, -0.2) is 16.9 Å². The van der Waals surface area contributed by atoms with Crippen LogP contribution in [0.15, 0.2) is 42.6 Å². The number of phenols is 1. The molecule has 0 aliphatic carbocycles. The molecule has 10 nitrogen and oxygen atoms in total. The summed E-state index contributed by atoms with van der Waals surface area (Å²) in [6.45, 7) is 5.98. The zero-order valence-corrected chi connectivity index (χ0v) is 19.5. The number of sulfonamides is 1. The molecular weight excluding hydrogens is 442 g/mol. The van der Waals surface area contributed by atoms with E-state index in [0.29, 0.717) is 17.2 Å². The van der Waals surface area contributed by atoms with Crippen LogP contribution in [0.3, 0.4) is 0 Å². The van der Waals surface area contributed by atoms with Gasteiger partial charge in [0.2, 0.25) is 10.0 Å². The molecule has 1 aliphatic heterocycles. The Bertz CT molecular complexity index is 1180. The second-order valence-electron chi connectivity index (χ2n) is 7.49. The third kappa shape index (κ3) is 4.81. The Labute approximate surface area is 183 Å². The number of nitrogens with one attached hydrogen (secondary N) is 2. The van der Waals surface area contributed by atoms with Crippen LogP contribution in [0.5, 0.6) is 5.75 Å². The number of anilines is 1. The van der Waals surface area contributed by atoms with E-state index in [4.69, 9.17) is 4.42 Å². The number of aromatic hydroxyl groups is 1. The summed E-state index contributed by atoms with van der Waals surface area (Å²) in [6.07, 6.45) is 1.68. The van der Waals surface area contributed by atoms with Gasteiger partial charge in [-0.1, -0.05) is 19.9 Å². The van der Waals surface area contributed by atoms with Gasteiger partial charge < -0.3 is 20.2 Å². The van der Waals surface area contributed by atoms with Crippen molar-refractivity contribution in [2.45, 2.75) is 38.1 Å². The Morgan fingerprint density at radius 1 is 1.23 bits per heavy atom. The fraction of sp³-hybridized carbons (Fsp3) is 0.368. The molecule has 2 aromatic rings. The predicted molar refractivity (Wildman–Crippen MR) is 120 cm³/mol. The molecule has 31 heavy (non-hydrogen) atoms. The molecule has 3 N–H and O–H groups in total. The molecule has 1 aromatic carbocycles. The highest BCUT2D eigenvalue weighted by molar-refractivity contribution is 7.89. The maximum Gasteiger partial charge on any atom is 0.269 e. The number of nitrogens with zero attached hydrogens (tertiary/aromatic N) is 3. The van der Waals surface area contributed by atoms with Gasteiger partial charge in [0.05, 0.1) is 18.5 Å². The van der Waals surface area contributed by atoms with Crippen LogP contribution in [-0.4, -0.2) is 47.8 Å². The lowest BCUT2D eigenvalue weighted by atomic mass is 10.1. The van der Waals surface area contributed by atoms with Gasteiger partial charge in [-0.2, -0.15) is 0 Å². The van der Waals surface area contributed by atoms with Crippen molar-refractivity contribution in [2.24, 2.45) is 8.80 Å². The third-order valence-electron chi connectivity index (χ3n) is 4.65. The van der Waals surface area contributed by atoms with Gasteiger partial charge in [0.1, 0.15) is 10.7 Å². The highest BCUT2D eigenvalue weighted by Gasteiger charge is 2.27. The van der Waals surface area contributed by atoms with Crippen molar-refractivity contribution in [2.75, 3.05) is 19.4 Å². The average molecular weight is 468 g/mol. The van der Waals surface area contributed by atoms with Gasteiger partial charge in [-0.15, -0.1) is 8.80 Å². The van der Waals surface area contributed by atoms with E-state index in [1.54, 1.807) is 19.3 Å². The first kappa shape index (κ1) is 23.0. The second-order valence-corrected chi connectivity index (χ2v) is 10.4. The van der Waals surface area contributed by atoms with Crippen molar-refractivity contribution in [1.82, 2.24) is 9.62 Å². The zero-order valence-electron chi connectivity index (χ0n) is 17.8. The number of hydrogen-bond acceptors (Lipinski definition) is 7. The average Bonchev–Trinajstić information content (AvgIpc) is 3.28. The number of hydrogen-bond donors (Lipinski definition) is 3. The first-order valence-electron chi connectivity index (χ1n) is 9.43. The molecular formula is C19H25N5O5S2. The zero-order chi connectivity index (χ0) is 22.9. The molecule has 2 heterocycles. The quantitative estimate of drug-likeness (QED) is 0.554. The summed E-state index contributed by atoms with van der Waals surface area (Å²) in [7, 11) is -1.12. The minimum absolute atomic E-state index is 0.0956. The van der Waals surface area contributed by atoms with Crippen LogP contribution >= 0.6 is 0 Å². The van der Waals surface area contributed by atoms with Gasteiger partial charge >= 0.3 is 0 Å². The predicted octanol–water partition coefficient (Wildman–Crippen LogP) is 2.26. The van der Waals surface area contributed by atoms with Crippen LogP contribution < -0.4 is 10.6 Å². The molecule has 0 saturated carbocycles. The van der Waals surface area contributed by atoms with E-state index >= 15 is 0 Å². The summed E-state index contributed by atoms with van der Waals surface area (Å²) in [6, 6.07) is 4.99. The van der Waals surface area contributed by atoms with Crippen molar-refractivity contribution in [3.05, 3.63) is 41.3 Å². The largest absolute Gasteiger partial charge is 0.504 e. The van der Waals surface area contributed by atoms with Crippen LogP contribution in [0.25, 0.3) is 0 Å². The number of amidine groups is 2. The Morgan fingerprint density at radius 3 is 2.52 bits per heavy atom. The summed E-state index contributed by atoms with van der Waals surface area (Å²) in [5.41, 5.74) is 1.54. The minimum atomic E-state index is -3.88. The lowest BCUT2D eigenvalue weighted by Gasteiger charge is -2.18. The lowest BCUT2D eigenvalue weighted by Crippen LogP contribution is -2.33. The topological polar surface area (TPSA) is 137 Å². The van der Waals surface area contributed by atoms with E-state index in [2.05, 4.69) is 33.3 Å². The Balaban J connectivity index is 1.82. The van der Waals surface area contributed by atoms with Gasteiger partial charge in [-0.3, -0.25) is 0 Å². The van der Waals surface area contributed by atoms with Crippen molar-refractivity contribution in [3.8, 4) is 5.75 Å². The molecule has 1 aromatic heterocycles. The first-order chi connectivity index (χ1) is 14.5. The van der Waals surface area contributed by atoms with Crippen molar-refractivity contribution < 1.29 is 22.2 Å². The Kier molecular flexibility index (Phi) is 6.53. The molecule has 1 atom stereocenters. The van der Waals surface area contributed by atoms with Crippen LogP contribution in [-0.2, 0) is 27.7 Å². The van der Waals surface area contributed by atoms with Crippen LogP contribution in [0.2, 0.25) is 0 Å². The fourth-order valence-electron chi connectivity index (χ4n) is 2.83. The van der Waals surface area contributed by atoms with Crippen LogP contribution in [0, 0.1) is 6.92 Å². The molecule has 3 rings (SSSR count). The number of phenolic OH excluding ortho intramolecular Hbond substituents is 1. The van der Waals surface area contributed by atoms with Crippen LogP contribution in [0.1, 0.15) is 36.7 Å². The second kappa shape index (κ2) is 8.81. The van der Waals surface area contributed by atoms with Crippen molar-refractivity contribution >= 4 is 38.6 Å². The molecule has 1 aliphatic rings. The van der Waals surface area contributed by atoms with Crippen molar-refractivity contribution in [3.63, 3.8) is 0 Å². The minimum Gasteiger partial charge on any atom is -0.504 e.